The minimum absolute atomic E-state index is 0.0247. The Morgan fingerprint density at radius 1 is 1.47 bits per heavy atom. The summed E-state index contributed by atoms with van der Waals surface area (Å²) in [4.78, 5) is 10.4. The van der Waals surface area contributed by atoms with Gasteiger partial charge < -0.3 is 15.2 Å². The van der Waals surface area contributed by atoms with E-state index in [1.165, 1.54) is 6.07 Å². The van der Waals surface area contributed by atoms with Crippen molar-refractivity contribution in [3.05, 3.63) is 33.9 Å². The third-order valence-electron chi connectivity index (χ3n) is 2.36. The molecule has 0 aromatic heterocycles. The molecule has 0 radical (unpaired) electrons. The summed E-state index contributed by atoms with van der Waals surface area (Å²) in [6, 6.07) is 6.37. The van der Waals surface area contributed by atoms with Gasteiger partial charge >= 0.3 is 5.69 Å². The van der Waals surface area contributed by atoms with Crippen molar-refractivity contribution in [2.24, 2.45) is 0 Å². The van der Waals surface area contributed by atoms with E-state index in [1.807, 2.05) is 0 Å². The Labute approximate surface area is 110 Å². The number of hydrogen-bond donors (Lipinski definition) is 2. The highest BCUT2D eigenvalue weighted by Gasteiger charge is 2.18. The predicted octanol–water partition coefficient (Wildman–Crippen LogP) is 1.28. The lowest BCUT2D eigenvalue weighted by Gasteiger charge is -2.07. The Kier molecular flexibility index (Phi) is 6.29. The van der Waals surface area contributed by atoms with Gasteiger partial charge in [-0.1, -0.05) is 6.07 Å². The molecule has 102 valence electrons. The fraction of sp³-hybridized carbons (Fsp3) is 0.417. The molecule has 1 aromatic rings. The second-order valence-corrected chi connectivity index (χ2v) is 3.69. The predicted molar refractivity (Wildman–Crippen MR) is 68.8 cm³/mol. The number of hydrogen-bond acceptors (Lipinski definition) is 6. The Balaban J connectivity index is 2.59. The van der Waals surface area contributed by atoms with E-state index < -0.39 is 4.92 Å². The van der Waals surface area contributed by atoms with Crippen LogP contribution in [0.5, 0.6) is 0 Å². The zero-order valence-electron chi connectivity index (χ0n) is 10.3. The highest BCUT2D eigenvalue weighted by atomic mass is 16.6. The molecule has 7 nitrogen and oxygen atoms in total. The summed E-state index contributed by atoms with van der Waals surface area (Å²) in [6.07, 6.45) is 0.647. The summed E-state index contributed by atoms with van der Waals surface area (Å²) >= 11 is 0. The Hall–Kier alpha value is -2.17. The summed E-state index contributed by atoms with van der Waals surface area (Å²) in [7, 11) is 0. The van der Waals surface area contributed by atoms with Crippen LogP contribution in [0.2, 0.25) is 0 Å². The molecule has 0 bridgehead atoms. The largest absolute Gasteiger partial charge is 0.394 e. The number of nitrogens with zero attached hydrogens (tertiary/aromatic N) is 2. The Bertz CT molecular complexity index is 471. The lowest BCUT2D eigenvalue weighted by atomic mass is 10.1. The third-order valence-corrected chi connectivity index (χ3v) is 2.36. The standard InChI is InChI=1S/C12H15N3O4/c13-9-10-3-1-4-11(12(10)15(17)18)14-5-2-7-19-8-6-16/h1,3-4,14,16H,2,5-8H2. The van der Waals surface area contributed by atoms with Gasteiger partial charge in [0.2, 0.25) is 0 Å². The maximum Gasteiger partial charge on any atom is 0.309 e. The van der Waals surface area contributed by atoms with Crippen LogP contribution in [0, 0.1) is 21.4 Å². The van der Waals surface area contributed by atoms with Crippen LogP contribution in [0.1, 0.15) is 12.0 Å². The first-order chi connectivity index (χ1) is 9.20. The van der Waals surface area contributed by atoms with Crippen molar-refractivity contribution in [1.82, 2.24) is 0 Å². The molecule has 0 saturated carbocycles. The number of nitrogens with one attached hydrogen (secondary N) is 1. The average Bonchev–Trinajstić information content (AvgIpc) is 2.42. The normalized spacial score (nSPS) is 9.89. The van der Waals surface area contributed by atoms with Crippen LogP contribution in [0.4, 0.5) is 11.4 Å². The first-order valence-electron chi connectivity index (χ1n) is 5.80. The Morgan fingerprint density at radius 3 is 2.89 bits per heavy atom. The van der Waals surface area contributed by atoms with Crippen molar-refractivity contribution in [3.8, 4) is 6.07 Å². The molecule has 7 heteroatoms. The molecule has 19 heavy (non-hydrogen) atoms. The summed E-state index contributed by atoms with van der Waals surface area (Å²) < 4.78 is 5.07. The monoisotopic (exact) mass is 265 g/mol. The van der Waals surface area contributed by atoms with Gasteiger partial charge in [-0.3, -0.25) is 10.1 Å². The number of aliphatic hydroxyl groups is 1. The molecule has 0 saturated heterocycles. The zero-order valence-corrected chi connectivity index (χ0v) is 10.3. The van der Waals surface area contributed by atoms with E-state index in [-0.39, 0.29) is 24.5 Å². The zero-order chi connectivity index (χ0) is 14.1. The van der Waals surface area contributed by atoms with E-state index in [0.29, 0.717) is 25.3 Å². The van der Waals surface area contributed by atoms with Crippen molar-refractivity contribution in [3.63, 3.8) is 0 Å². The van der Waals surface area contributed by atoms with Crippen molar-refractivity contribution < 1.29 is 14.8 Å². The molecule has 1 rings (SSSR count). The van der Waals surface area contributed by atoms with Crippen molar-refractivity contribution in [2.45, 2.75) is 6.42 Å². The second kappa shape index (κ2) is 8.02. The van der Waals surface area contributed by atoms with Crippen LogP contribution >= 0.6 is 0 Å². The highest BCUT2D eigenvalue weighted by Crippen LogP contribution is 2.27. The summed E-state index contributed by atoms with van der Waals surface area (Å²) in [5, 5.41) is 31.2. The molecule has 0 aliphatic heterocycles. The van der Waals surface area contributed by atoms with Crippen molar-refractivity contribution in [2.75, 3.05) is 31.7 Å². The first-order valence-corrected chi connectivity index (χ1v) is 5.80. The van der Waals surface area contributed by atoms with Gasteiger partial charge in [-0.25, -0.2) is 0 Å². The number of anilines is 1. The quantitative estimate of drug-likeness (QED) is 0.416. The smallest absolute Gasteiger partial charge is 0.309 e. The highest BCUT2D eigenvalue weighted by molar-refractivity contribution is 5.68. The van der Waals surface area contributed by atoms with E-state index in [2.05, 4.69) is 5.32 Å². The Morgan fingerprint density at radius 2 is 2.26 bits per heavy atom. The number of benzene rings is 1. The van der Waals surface area contributed by atoms with E-state index in [4.69, 9.17) is 15.1 Å². The third kappa shape index (κ3) is 4.54. The van der Waals surface area contributed by atoms with Crippen LogP contribution in [-0.2, 0) is 4.74 Å². The lowest BCUT2D eigenvalue weighted by Crippen LogP contribution is -2.09. The number of para-hydroxylation sites is 1. The summed E-state index contributed by atoms with van der Waals surface area (Å²) in [5.41, 5.74) is 0.152. The van der Waals surface area contributed by atoms with Gasteiger partial charge in [-0.2, -0.15) is 5.26 Å². The molecule has 0 spiro atoms. The van der Waals surface area contributed by atoms with Crippen LogP contribution in [0.25, 0.3) is 0 Å². The molecule has 0 fully saturated rings. The van der Waals surface area contributed by atoms with Gasteiger partial charge in [0.1, 0.15) is 17.3 Å². The number of nitriles is 1. The number of rotatable bonds is 8. The fourth-order valence-corrected chi connectivity index (χ4v) is 1.54. The van der Waals surface area contributed by atoms with E-state index in [9.17, 15) is 10.1 Å². The number of nitro groups is 1. The maximum absolute atomic E-state index is 10.9. The van der Waals surface area contributed by atoms with E-state index in [1.54, 1.807) is 18.2 Å². The van der Waals surface area contributed by atoms with Crippen LogP contribution in [0.15, 0.2) is 18.2 Å². The van der Waals surface area contributed by atoms with Crippen LogP contribution in [0.3, 0.4) is 0 Å². The molecule has 0 amide bonds. The molecule has 0 unspecified atom stereocenters. The van der Waals surface area contributed by atoms with E-state index >= 15 is 0 Å². The number of aliphatic hydroxyl groups excluding tert-OH is 1. The van der Waals surface area contributed by atoms with Gasteiger partial charge in [0.15, 0.2) is 0 Å². The van der Waals surface area contributed by atoms with Gasteiger partial charge in [0.05, 0.1) is 18.1 Å². The topological polar surface area (TPSA) is 108 Å². The molecular formula is C12H15N3O4. The number of ether oxygens (including phenoxy) is 1. The summed E-state index contributed by atoms with van der Waals surface area (Å²) in [5.74, 6) is 0. The van der Waals surface area contributed by atoms with Crippen LogP contribution < -0.4 is 5.32 Å². The first kappa shape index (κ1) is 14.9. The minimum atomic E-state index is -0.566. The molecule has 1 aromatic carbocycles. The van der Waals surface area contributed by atoms with E-state index in [0.717, 1.165) is 0 Å². The second-order valence-electron chi connectivity index (χ2n) is 3.69. The lowest BCUT2D eigenvalue weighted by molar-refractivity contribution is -0.384. The van der Waals surface area contributed by atoms with Crippen LogP contribution in [-0.4, -0.2) is 36.4 Å². The molecule has 2 N–H and O–H groups in total. The SMILES string of the molecule is N#Cc1cccc(NCCCOCCO)c1[N+](=O)[O-]. The molecular weight excluding hydrogens is 250 g/mol. The van der Waals surface area contributed by atoms with Gasteiger partial charge in [-0.05, 0) is 18.6 Å². The van der Waals surface area contributed by atoms with Gasteiger partial charge in [-0.15, -0.1) is 0 Å². The molecule has 0 aliphatic rings. The average molecular weight is 265 g/mol. The maximum atomic E-state index is 10.9. The molecule has 0 aliphatic carbocycles. The fourth-order valence-electron chi connectivity index (χ4n) is 1.54. The van der Waals surface area contributed by atoms with Crippen molar-refractivity contribution in [1.29, 1.82) is 5.26 Å². The summed E-state index contributed by atoms with van der Waals surface area (Å²) in [6.45, 7) is 1.20. The van der Waals surface area contributed by atoms with Gasteiger partial charge in [0.25, 0.3) is 0 Å². The molecule has 0 heterocycles. The molecule has 0 atom stereocenters. The minimum Gasteiger partial charge on any atom is -0.394 e. The van der Waals surface area contributed by atoms with Gasteiger partial charge in [0, 0.05) is 13.2 Å². The van der Waals surface area contributed by atoms with Crippen molar-refractivity contribution >= 4 is 11.4 Å². The number of nitro benzene ring substituents is 1.